The summed E-state index contributed by atoms with van der Waals surface area (Å²) < 4.78 is 39.6. The van der Waals surface area contributed by atoms with Crippen molar-refractivity contribution in [2.45, 2.75) is 25.4 Å². The maximum absolute atomic E-state index is 13.6. The molecular formula is C14H17F3N2. The Morgan fingerprint density at radius 2 is 1.89 bits per heavy atom. The minimum Gasteiger partial charge on any atom is -0.312 e. The van der Waals surface area contributed by atoms with Crippen molar-refractivity contribution in [3.63, 3.8) is 0 Å². The van der Waals surface area contributed by atoms with E-state index in [9.17, 15) is 13.2 Å². The summed E-state index contributed by atoms with van der Waals surface area (Å²) >= 11 is 0. The van der Waals surface area contributed by atoms with Gasteiger partial charge in [0.15, 0.2) is 11.6 Å². The first-order valence-corrected chi connectivity index (χ1v) is 6.72. The maximum Gasteiger partial charge on any atom is 0.161 e. The van der Waals surface area contributed by atoms with Gasteiger partial charge in [0.1, 0.15) is 5.82 Å². The summed E-state index contributed by atoms with van der Waals surface area (Å²) in [6.07, 6.45) is 2.36. The number of nitrogens with zero attached hydrogens (tertiary/aromatic N) is 1. The lowest BCUT2D eigenvalue weighted by molar-refractivity contribution is 0.306. The molecule has 0 unspecified atom stereocenters. The van der Waals surface area contributed by atoms with Crippen LogP contribution in [0.1, 0.15) is 18.4 Å². The Labute approximate surface area is 110 Å². The van der Waals surface area contributed by atoms with Crippen LogP contribution in [0.4, 0.5) is 13.2 Å². The highest BCUT2D eigenvalue weighted by Crippen LogP contribution is 2.26. The first-order chi connectivity index (χ1) is 9.13. The zero-order valence-electron chi connectivity index (χ0n) is 10.6. The van der Waals surface area contributed by atoms with Crippen LogP contribution in [0, 0.1) is 23.4 Å². The number of halogens is 3. The summed E-state index contributed by atoms with van der Waals surface area (Å²) in [6.45, 7) is 3.13. The zero-order chi connectivity index (χ0) is 13.4. The molecule has 2 saturated heterocycles. The van der Waals surface area contributed by atoms with Crippen molar-refractivity contribution in [2.24, 2.45) is 5.92 Å². The van der Waals surface area contributed by atoms with E-state index in [1.807, 2.05) is 0 Å². The van der Waals surface area contributed by atoms with Crippen LogP contribution in [0.2, 0.25) is 0 Å². The normalized spacial score (nSPS) is 27.5. The Morgan fingerprint density at radius 1 is 1.11 bits per heavy atom. The second-order valence-electron chi connectivity index (χ2n) is 5.51. The molecule has 2 heterocycles. The van der Waals surface area contributed by atoms with Crippen LogP contribution in [0.25, 0.3) is 0 Å². The smallest absolute Gasteiger partial charge is 0.161 e. The minimum absolute atomic E-state index is 0.234. The van der Waals surface area contributed by atoms with E-state index in [1.165, 1.54) is 12.8 Å². The number of hydrogen-bond donors (Lipinski definition) is 1. The highest BCUT2D eigenvalue weighted by atomic mass is 19.2. The van der Waals surface area contributed by atoms with E-state index in [-0.39, 0.29) is 5.56 Å². The van der Waals surface area contributed by atoms with Gasteiger partial charge in [-0.3, -0.25) is 4.90 Å². The quantitative estimate of drug-likeness (QED) is 0.829. The van der Waals surface area contributed by atoms with E-state index in [4.69, 9.17) is 0 Å². The molecule has 0 spiro atoms. The number of nitrogens with one attached hydrogen (secondary N) is 1. The molecule has 0 aromatic heterocycles. The van der Waals surface area contributed by atoms with Crippen LogP contribution in [0.3, 0.4) is 0 Å². The van der Waals surface area contributed by atoms with Crippen LogP contribution in [-0.4, -0.2) is 30.6 Å². The fourth-order valence-electron chi connectivity index (χ4n) is 3.19. The number of piperidine rings is 1. The summed E-state index contributed by atoms with van der Waals surface area (Å²) in [5.74, 6) is -2.17. The maximum atomic E-state index is 13.6. The number of fused-ring (bicyclic) bond motifs is 1. The number of benzene rings is 1. The molecule has 0 bridgehead atoms. The molecule has 1 aromatic rings. The van der Waals surface area contributed by atoms with Crippen LogP contribution in [0.5, 0.6) is 0 Å². The lowest BCUT2D eigenvalue weighted by atomic mass is 9.94. The molecule has 19 heavy (non-hydrogen) atoms. The van der Waals surface area contributed by atoms with E-state index in [2.05, 4.69) is 10.2 Å². The van der Waals surface area contributed by atoms with Gasteiger partial charge < -0.3 is 5.32 Å². The van der Waals surface area contributed by atoms with Gasteiger partial charge in [0.25, 0.3) is 0 Å². The third kappa shape index (κ3) is 2.62. The fraction of sp³-hybridized carbons (Fsp3) is 0.571. The van der Waals surface area contributed by atoms with E-state index < -0.39 is 17.5 Å². The number of rotatable bonds is 2. The molecule has 1 N–H and O–H groups in total. The van der Waals surface area contributed by atoms with Gasteiger partial charge in [-0.2, -0.15) is 0 Å². The topological polar surface area (TPSA) is 15.3 Å². The van der Waals surface area contributed by atoms with Crippen molar-refractivity contribution in [3.05, 3.63) is 35.1 Å². The Kier molecular flexibility index (Phi) is 3.50. The Balaban J connectivity index is 1.70. The summed E-state index contributed by atoms with van der Waals surface area (Å²) in [5.41, 5.74) is 0.234. The molecule has 5 heteroatoms. The van der Waals surface area contributed by atoms with Crippen molar-refractivity contribution in [1.29, 1.82) is 0 Å². The van der Waals surface area contributed by atoms with Crippen molar-refractivity contribution in [2.75, 3.05) is 19.6 Å². The lowest BCUT2D eigenvalue weighted by Crippen LogP contribution is -2.40. The molecule has 2 nitrogen and oxygen atoms in total. The molecule has 0 saturated carbocycles. The van der Waals surface area contributed by atoms with Gasteiger partial charge in [0, 0.05) is 37.3 Å². The molecule has 2 aliphatic rings. The first-order valence-electron chi connectivity index (χ1n) is 6.72. The van der Waals surface area contributed by atoms with Crippen LogP contribution in [-0.2, 0) is 6.54 Å². The van der Waals surface area contributed by atoms with Gasteiger partial charge in [-0.15, -0.1) is 0 Å². The molecule has 2 fully saturated rings. The summed E-state index contributed by atoms with van der Waals surface area (Å²) in [5, 5.41) is 3.46. The van der Waals surface area contributed by atoms with Gasteiger partial charge in [-0.25, -0.2) is 13.2 Å². The molecular weight excluding hydrogens is 253 g/mol. The second-order valence-corrected chi connectivity index (χ2v) is 5.51. The lowest BCUT2D eigenvalue weighted by Gasteiger charge is -2.24. The molecule has 2 atom stereocenters. The molecule has 3 rings (SSSR count). The van der Waals surface area contributed by atoms with Crippen molar-refractivity contribution < 1.29 is 13.2 Å². The summed E-state index contributed by atoms with van der Waals surface area (Å²) in [7, 11) is 0. The van der Waals surface area contributed by atoms with Crippen molar-refractivity contribution in [3.8, 4) is 0 Å². The van der Waals surface area contributed by atoms with E-state index in [1.54, 1.807) is 0 Å². The van der Waals surface area contributed by atoms with Crippen LogP contribution in [0.15, 0.2) is 12.1 Å². The largest absolute Gasteiger partial charge is 0.312 e. The SMILES string of the molecule is Fc1cc(F)c(CN2C[C@@H]3CCCN[C@@H]3C2)cc1F. The van der Waals surface area contributed by atoms with Crippen molar-refractivity contribution in [1.82, 2.24) is 10.2 Å². The molecule has 1 aromatic carbocycles. The highest BCUT2D eigenvalue weighted by Gasteiger charge is 2.34. The Morgan fingerprint density at radius 3 is 2.68 bits per heavy atom. The zero-order valence-corrected chi connectivity index (χ0v) is 10.6. The standard InChI is InChI=1S/C14H17F3N2/c15-11-5-13(17)12(16)4-10(11)7-19-6-9-2-1-3-18-14(9)8-19/h4-5,9,14,18H,1-3,6-8H2/t9-,14+/m0/s1. The number of likely N-dealkylation sites (tertiary alicyclic amines) is 1. The molecule has 0 amide bonds. The van der Waals surface area contributed by atoms with Gasteiger partial charge in [-0.05, 0) is 31.4 Å². The third-order valence-electron chi connectivity index (χ3n) is 4.16. The first kappa shape index (κ1) is 12.9. The average molecular weight is 270 g/mol. The fourth-order valence-corrected chi connectivity index (χ4v) is 3.19. The van der Waals surface area contributed by atoms with Gasteiger partial charge in [0.05, 0.1) is 0 Å². The molecule has 0 aliphatic carbocycles. The molecule has 104 valence electrons. The predicted octanol–water partition coefficient (Wildman–Crippen LogP) is 2.29. The van der Waals surface area contributed by atoms with Gasteiger partial charge >= 0.3 is 0 Å². The van der Waals surface area contributed by atoms with Crippen LogP contribution < -0.4 is 5.32 Å². The molecule has 0 radical (unpaired) electrons. The Bertz CT molecular complexity index is 464. The molecule has 2 aliphatic heterocycles. The summed E-state index contributed by atoms with van der Waals surface area (Å²) in [4.78, 5) is 2.11. The van der Waals surface area contributed by atoms with E-state index in [0.717, 1.165) is 25.7 Å². The monoisotopic (exact) mass is 270 g/mol. The third-order valence-corrected chi connectivity index (χ3v) is 4.16. The van der Waals surface area contributed by atoms with Crippen molar-refractivity contribution >= 4 is 0 Å². The minimum atomic E-state index is -1.13. The average Bonchev–Trinajstić information content (AvgIpc) is 2.78. The Hall–Kier alpha value is -1.07. The van der Waals surface area contributed by atoms with E-state index in [0.29, 0.717) is 24.6 Å². The van der Waals surface area contributed by atoms with E-state index >= 15 is 0 Å². The highest BCUT2D eigenvalue weighted by molar-refractivity contribution is 5.20. The summed E-state index contributed by atoms with van der Waals surface area (Å²) in [6, 6.07) is 2.06. The predicted molar refractivity (Wildman–Crippen MR) is 66.1 cm³/mol. The van der Waals surface area contributed by atoms with Gasteiger partial charge in [-0.1, -0.05) is 0 Å². The second kappa shape index (κ2) is 5.13. The number of hydrogen-bond acceptors (Lipinski definition) is 2. The van der Waals surface area contributed by atoms with Crippen LogP contribution >= 0.6 is 0 Å². The van der Waals surface area contributed by atoms with Gasteiger partial charge in [0.2, 0.25) is 0 Å².